The van der Waals surface area contributed by atoms with Gasteiger partial charge in [0.25, 0.3) is 5.56 Å². The molecule has 0 spiro atoms. The molecule has 0 bridgehead atoms. The first kappa shape index (κ1) is 17.7. The van der Waals surface area contributed by atoms with Gasteiger partial charge < -0.3 is 9.42 Å². The average Bonchev–Trinajstić information content (AvgIpc) is 2.89. The van der Waals surface area contributed by atoms with Crippen LogP contribution in [0.3, 0.4) is 0 Å². The Morgan fingerprint density at radius 1 is 1.16 bits per heavy atom. The summed E-state index contributed by atoms with van der Waals surface area (Å²) in [5.74, 6) is 2.19. The van der Waals surface area contributed by atoms with Crippen molar-refractivity contribution in [1.82, 2.24) is 19.8 Å². The van der Waals surface area contributed by atoms with Crippen molar-refractivity contribution in [2.24, 2.45) is 5.92 Å². The molecule has 3 rings (SSSR count). The van der Waals surface area contributed by atoms with Crippen LogP contribution >= 0.6 is 0 Å². The summed E-state index contributed by atoms with van der Waals surface area (Å²) < 4.78 is 6.83. The molecule has 25 heavy (non-hydrogen) atoms. The lowest BCUT2D eigenvalue weighted by Crippen LogP contribution is -2.46. The van der Waals surface area contributed by atoms with Crippen molar-refractivity contribution in [2.45, 2.75) is 40.8 Å². The lowest BCUT2D eigenvalue weighted by molar-refractivity contribution is 0.247. The van der Waals surface area contributed by atoms with Crippen molar-refractivity contribution in [1.29, 1.82) is 0 Å². The van der Waals surface area contributed by atoms with Crippen LogP contribution in [0.5, 0.6) is 0 Å². The zero-order valence-electron chi connectivity index (χ0n) is 15.5. The number of aromatic nitrogens is 3. The molecule has 7 nitrogen and oxygen atoms in total. The maximum Gasteiger partial charge on any atom is 0.266 e. The van der Waals surface area contributed by atoms with Gasteiger partial charge >= 0.3 is 0 Å². The Balaban J connectivity index is 1.63. The second-order valence-corrected chi connectivity index (χ2v) is 7.17. The molecule has 2 aromatic rings. The predicted octanol–water partition coefficient (Wildman–Crippen LogP) is 1.83. The van der Waals surface area contributed by atoms with Crippen molar-refractivity contribution < 1.29 is 4.52 Å². The maximum atomic E-state index is 11.9. The number of hydrogen-bond acceptors (Lipinski definition) is 6. The zero-order chi connectivity index (χ0) is 18.0. The number of piperazine rings is 1. The van der Waals surface area contributed by atoms with E-state index in [1.54, 1.807) is 10.7 Å². The molecule has 0 saturated carbocycles. The minimum atomic E-state index is -0.0329. The highest BCUT2D eigenvalue weighted by molar-refractivity contribution is 5.37. The Morgan fingerprint density at radius 3 is 2.48 bits per heavy atom. The molecule has 3 heterocycles. The van der Waals surface area contributed by atoms with E-state index in [1.807, 2.05) is 19.9 Å². The van der Waals surface area contributed by atoms with Gasteiger partial charge in [-0.15, -0.1) is 0 Å². The summed E-state index contributed by atoms with van der Waals surface area (Å²) >= 11 is 0. The Labute approximate surface area is 148 Å². The highest BCUT2D eigenvalue weighted by Gasteiger charge is 2.21. The second kappa shape index (κ2) is 7.39. The molecule has 1 aliphatic rings. The van der Waals surface area contributed by atoms with Crippen LogP contribution in [0, 0.1) is 19.8 Å². The molecule has 0 amide bonds. The van der Waals surface area contributed by atoms with Gasteiger partial charge in [-0.3, -0.25) is 9.69 Å². The van der Waals surface area contributed by atoms with E-state index in [2.05, 4.69) is 33.9 Å². The van der Waals surface area contributed by atoms with E-state index in [0.29, 0.717) is 12.5 Å². The monoisotopic (exact) mass is 345 g/mol. The molecule has 0 aliphatic carbocycles. The van der Waals surface area contributed by atoms with Crippen LogP contribution in [0.2, 0.25) is 0 Å². The fourth-order valence-corrected chi connectivity index (χ4v) is 3.17. The summed E-state index contributed by atoms with van der Waals surface area (Å²) in [5, 5.41) is 8.58. The van der Waals surface area contributed by atoms with Gasteiger partial charge in [0.05, 0.1) is 5.69 Å². The zero-order valence-corrected chi connectivity index (χ0v) is 15.5. The van der Waals surface area contributed by atoms with Gasteiger partial charge in [-0.05, 0) is 25.8 Å². The normalized spacial score (nSPS) is 16.0. The Hall–Kier alpha value is -2.15. The van der Waals surface area contributed by atoms with Crippen LogP contribution in [0.25, 0.3) is 0 Å². The van der Waals surface area contributed by atoms with E-state index in [-0.39, 0.29) is 5.56 Å². The van der Waals surface area contributed by atoms with Gasteiger partial charge in [-0.2, -0.15) is 5.10 Å². The molecule has 0 unspecified atom stereocenters. The summed E-state index contributed by atoms with van der Waals surface area (Å²) in [7, 11) is 0. The van der Waals surface area contributed by atoms with Gasteiger partial charge in [0.15, 0.2) is 0 Å². The SMILES string of the molecule is Cc1noc(C)c1CN1CCN(c2ccc(=O)n(CC(C)C)n2)CC1. The maximum absolute atomic E-state index is 11.9. The molecule has 0 N–H and O–H groups in total. The number of aryl methyl sites for hydroxylation is 2. The number of rotatable bonds is 5. The summed E-state index contributed by atoms with van der Waals surface area (Å²) in [5.41, 5.74) is 2.13. The van der Waals surface area contributed by atoms with Gasteiger partial charge in [-0.1, -0.05) is 19.0 Å². The summed E-state index contributed by atoms with van der Waals surface area (Å²) in [6.45, 7) is 13.4. The molecule has 1 fully saturated rings. The molecule has 2 aromatic heterocycles. The molecular weight excluding hydrogens is 318 g/mol. The Morgan fingerprint density at radius 2 is 1.88 bits per heavy atom. The van der Waals surface area contributed by atoms with Crippen LogP contribution in [-0.2, 0) is 13.1 Å². The van der Waals surface area contributed by atoms with E-state index >= 15 is 0 Å². The van der Waals surface area contributed by atoms with Crippen molar-refractivity contribution in [2.75, 3.05) is 31.1 Å². The fourth-order valence-electron chi connectivity index (χ4n) is 3.17. The minimum absolute atomic E-state index is 0.0329. The summed E-state index contributed by atoms with van der Waals surface area (Å²) in [6.07, 6.45) is 0. The Bertz CT molecular complexity index is 753. The minimum Gasteiger partial charge on any atom is -0.361 e. The number of hydrogen-bond donors (Lipinski definition) is 0. The fraction of sp³-hybridized carbons (Fsp3) is 0.611. The highest BCUT2D eigenvalue weighted by Crippen LogP contribution is 2.18. The Kier molecular flexibility index (Phi) is 5.22. The summed E-state index contributed by atoms with van der Waals surface area (Å²) in [4.78, 5) is 16.6. The smallest absolute Gasteiger partial charge is 0.266 e. The van der Waals surface area contributed by atoms with Crippen LogP contribution in [-0.4, -0.2) is 46.0 Å². The molecule has 1 aliphatic heterocycles. The number of nitrogens with zero attached hydrogens (tertiary/aromatic N) is 5. The third-order valence-electron chi connectivity index (χ3n) is 4.65. The van der Waals surface area contributed by atoms with E-state index in [0.717, 1.165) is 50.0 Å². The van der Waals surface area contributed by atoms with Crippen molar-refractivity contribution in [3.05, 3.63) is 39.5 Å². The lowest BCUT2D eigenvalue weighted by Gasteiger charge is -2.35. The average molecular weight is 345 g/mol. The van der Waals surface area contributed by atoms with Crippen molar-refractivity contribution >= 4 is 5.82 Å². The molecule has 0 radical (unpaired) electrons. The van der Waals surface area contributed by atoms with Gasteiger partial charge in [0.2, 0.25) is 0 Å². The first-order valence-corrected chi connectivity index (χ1v) is 8.91. The van der Waals surface area contributed by atoms with E-state index < -0.39 is 0 Å². The van der Waals surface area contributed by atoms with Crippen LogP contribution in [0.1, 0.15) is 30.9 Å². The highest BCUT2D eigenvalue weighted by atomic mass is 16.5. The van der Waals surface area contributed by atoms with E-state index in [1.165, 1.54) is 5.56 Å². The largest absolute Gasteiger partial charge is 0.361 e. The van der Waals surface area contributed by atoms with Crippen molar-refractivity contribution in [3.8, 4) is 0 Å². The quantitative estimate of drug-likeness (QED) is 0.823. The first-order valence-electron chi connectivity index (χ1n) is 8.91. The lowest BCUT2D eigenvalue weighted by atomic mass is 10.2. The van der Waals surface area contributed by atoms with Gasteiger partial charge in [0.1, 0.15) is 11.6 Å². The topological polar surface area (TPSA) is 67.4 Å². The second-order valence-electron chi connectivity index (χ2n) is 7.17. The van der Waals surface area contributed by atoms with Crippen LogP contribution < -0.4 is 10.5 Å². The van der Waals surface area contributed by atoms with E-state index in [4.69, 9.17) is 4.52 Å². The predicted molar refractivity (Wildman–Crippen MR) is 96.8 cm³/mol. The third-order valence-corrected chi connectivity index (χ3v) is 4.65. The van der Waals surface area contributed by atoms with Gasteiger partial charge in [-0.25, -0.2) is 4.68 Å². The third kappa shape index (κ3) is 4.10. The van der Waals surface area contributed by atoms with E-state index in [9.17, 15) is 4.79 Å². The molecule has 0 aromatic carbocycles. The first-order chi connectivity index (χ1) is 11.9. The summed E-state index contributed by atoms with van der Waals surface area (Å²) in [6, 6.07) is 3.46. The molecule has 136 valence electrons. The molecule has 1 saturated heterocycles. The van der Waals surface area contributed by atoms with Crippen molar-refractivity contribution in [3.63, 3.8) is 0 Å². The standard InChI is InChI=1S/C18H27N5O2/c1-13(2)11-23-18(24)6-5-17(19-23)22-9-7-21(8-10-22)12-16-14(3)20-25-15(16)4/h5-6,13H,7-12H2,1-4H3. The van der Waals surface area contributed by atoms with Crippen LogP contribution in [0.15, 0.2) is 21.5 Å². The molecule has 0 atom stereocenters. The number of anilines is 1. The van der Waals surface area contributed by atoms with Crippen LogP contribution in [0.4, 0.5) is 5.82 Å². The van der Waals surface area contributed by atoms with Gasteiger partial charge in [0, 0.05) is 50.9 Å². The molecular formula is C18H27N5O2. The molecule has 7 heteroatoms.